The fraction of sp³-hybridized carbons (Fsp3) is 0.922. The summed E-state index contributed by atoms with van der Waals surface area (Å²) in [6, 6.07) is 1.05. The number of carbonyl (C=O) groups is 4. The van der Waals surface area contributed by atoms with Crippen molar-refractivity contribution < 1.29 is 38.5 Å². The summed E-state index contributed by atoms with van der Waals surface area (Å²) in [5.41, 5.74) is 0.771. The van der Waals surface area contributed by atoms with Crippen molar-refractivity contribution in [3.8, 4) is 0 Å². The summed E-state index contributed by atoms with van der Waals surface area (Å²) in [6.07, 6.45) is 20.0. The number of fused-ring (bicyclic) bond motifs is 7. The molecule has 0 saturated heterocycles. The molecule has 0 bridgehead atoms. The van der Waals surface area contributed by atoms with E-state index in [4.69, 9.17) is 19.0 Å². The molecule has 5 aliphatic carbocycles. The zero-order valence-electron chi connectivity index (χ0n) is 41.7. The Morgan fingerprint density at radius 1 is 0.855 bits per heavy atom. The number of carboxylic acids is 1. The van der Waals surface area contributed by atoms with E-state index in [1.165, 1.54) is 51.4 Å². The molecule has 5 fully saturated rings. The van der Waals surface area contributed by atoms with E-state index in [0.717, 1.165) is 75.9 Å². The summed E-state index contributed by atoms with van der Waals surface area (Å²) in [5, 5.41) is 20.4. The lowest BCUT2D eigenvalue weighted by Gasteiger charge is -2.72. The molecule has 362 valence electrons. The molecule has 0 heterocycles. The van der Waals surface area contributed by atoms with Crippen molar-refractivity contribution in [2.75, 3.05) is 61.2 Å². The standard InChI is InChI=1S/C32H54O4.C13H28N2O.C5H11NO2.CH2O/c1-8-36-23(20-35-7)21-12-17-32(27(33)34)19-18-30(5)22(26(21)32)10-11-25-29(4)15-9-14-28(2,3)24(29)13-16-31(25,30)6;1-5-12(14-3)13(15-4)11(2)9-7-6-8-10-16;1-6-2-4-8-5-3-7;1-2/h21-26H,8-20H2,1-7H3,(H,33,34);10-15H,5-9H2,1-4H3;3,6H,2,4-5H2,1H3;1H2/t21-,22?,23?,24?,25?,26?,29-,30+,31?,32-;;;/m0.../s1. The van der Waals surface area contributed by atoms with Crippen LogP contribution in [0.15, 0.2) is 0 Å². The average molecular weight is 878 g/mol. The van der Waals surface area contributed by atoms with Crippen LogP contribution in [0.25, 0.3) is 0 Å². The first-order valence-electron chi connectivity index (χ1n) is 24.6. The summed E-state index contributed by atoms with van der Waals surface area (Å²) in [4.78, 5) is 40.9. The van der Waals surface area contributed by atoms with Crippen LogP contribution in [-0.2, 0) is 33.4 Å². The highest BCUT2D eigenvalue weighted by atomic mass is 16.5. The molecule has 11 heteroatoms. The Morgan fingerprint density at radius 3 is 2.13 bits per heavy atom. The fourth-order valence-corrected chi connectivity index (χ4v) is 14.9. The summed E-state index contributed by atoms with van der Waals surface area (Å²) in [5.74, 6) is 2.63. The maximum Gasteiger partial charge on any atom is 0.309 e. The molecule has 0 aromatic carbocycles. The number of likely N-dealkylation sites (N-methyl/N-ethyl adjacent to an activating group) is 3. The maximum absolute atomic E-state index is 13.0. The van der Waals surface area contributed by atoms with Gasteiger partial charge in [-0.25, -0.2) is 0 Å². The quantitative estimate of drug-likeness (QED) is 0.0647. The van der Waals surface area contributed by atoms with Gasteiger partial charge in [-0.15, -0.1) is 0 Å². The third-order valence-electron chi connectivity index (χ3n) is 17.9. The zero-order valence-corrected chi connectivity index (χ0v) is 41.7. The maximum atomic E-state index is 13.0. The molecule has 5 rings (SSSR count). The van der Waals surface area contributed by atoms with Gasteiger partial charge in [0.2, 0.25) is 0 Å². The molecule has 0 spiro atoms. The van der Waals surface area contributed by atoms with Crippen LogP contribution in [0.4, 0.5) is 0 Å². The Bertz CT molecular complexity index is 1310. The van der Waals surface area contributed by atoms with Gasteiger partial charge >= 0.3 is 5.97 Å². The molecule has 0 aliphatic heterocycles. The molecule has 62 heavy (non-hydrogen) atoms. The highest BCUT2D eigenvalue weighted by Gasteiger charge is 2.72. The van der Waals surface area contributed by atoms with E-state index < -0.39 is 11.4 Å². The zero-order chi connectivity index (χ0) is 46.8. The van der Waals surface area contributed by atoms with Crippen LogP contribution >= 0.6 is 0 Å². The number of aldehydes is 2. The predicted octanol–water partition coefficient (Wildman–Crippen LogP) is 8.80. The summed E-state index contributed by atoms with van der Waals surface area (Å²) in [7, 11) is 7.65. The smallest absolute Gasteiger partial charge is 0.309 e. The lowest BCUT2D eigenvalue weighted by molar-refractivity contribution is -0.242. The molecule has 13 atom stereocenters. The largest absolute Gasteiger partial charge is 0.481 e. The number of unbranched alkanes of at least 4 members (excludes halogenated alkanes) is 2. The van der Waals surface area contributed by atoms with Gasteiger partial charge in [-0.05, 0) is 169 Å². The second-order valence-corrected chi connectivity index (χ2v) is 21.0. The van der Waals surface area contributed by atoms with Crippen LogP contribution in [0, 0.1) is 62.6 Å². The normalized spacial score (nSPS) is 34.8. The first-order valence-corrected chi connectivity index (χ1v) is 24.6. The van der Waals surface area contributed by atoms with Crippen molar-refractivity contribution in [2.45, 2.75) is 176 Å². The van der Waals surface area contributed by atoms with Gasteiger partial charge in [0.05, 0.1) is 24.7 Å². The molecule has 4 N–H and O–H groups in total. The third-order valence-corrected chi connectivity index (χ3v) is 17.9. The van der Waals surface area contributed by atoms with Crippen LogP contribution in [0.1, 0.15) is 158 Å². The lowest BCUT2D eigenvalue weighted by atomic mass is 9.32. The molecule has 0 radical (unpaired) electrons. The van der Waals surface area contributed by atoms with Gasteiger partial charge in [0.1, 0.15) is 26.0 Å². The number of aliphatic carboxylic acids is 1. The predicted molar refractivity (Wildman–Crippen MR) is 251 cm³/mol. The van der Waals surface area contributed by atoms with Crippen LogP contribution in [0.3, 0.4) is 0 Å². The second kappa shape index (κ2) is 26.4. The minimum absolute atomic E-state index is 0.00602. The van der Waals surface area contributed by atoms with E-state index in [9.17, 15) is 19.5 Å². The van der Waals surface area contributed by atoms with Crippen LogP contribution in [0.2, 0.25) is 0 Å². The topological polar surface area (TPSA) is 152 Å². The summed E-state index contributed by atoms with van der Waals surface area (Å²) >= 11 is 0. The molecule has 11 nitrogen and oxygen atoms in total. The van der Waals surface area contributed by atoms with Gasteiger partial charge < -0.3 is 49.7 Å². The lowest BCUT2D eigenvalue weighted by Crippen LogP contribution is -2.66. The highest BCUT2D eigenvalue weighted by molar-refractivity contribution is 5.76. The summed E-state index contributed by atoms with van der Waals surface area (Å²) < 4.78 is 16.7. The van der Waals surface area contributed by atoms with Crippen molar-refractivity contribution >= 4 is 25.3 Å². The molecule has 0 amide bonds. The van der Waals surface area contributed by atoms with E-state index in [1.807, 2.05) is 27.9 Å². The van der Waals surface area contributed by atoms with Crippen molar-refractivity contribution in [1.29, 1.82) is 0 Å². The Labute approximate surface area is 378 Å². The van der Waals surface area contributed by atoms with E-state index >= 15 is 0 Å². The molecule has 9 unspecified atom stereocenters. The first-order chi connectivity index (χ1) is 29.5. The van der Waals surface area contributed by atoms with Crippen LogP contribution in [-0.4, -0.2) is 110 Å². The number of carboxylic acid groups (broad SMARTS) is 1. The fourth-order valence-electron chi connectivity index (χ4n) is 14.9. The Hall–Kier alpha value is -1.76. The molecule has 5 aliphatic rings. The number of hydrogen-bond donors (Lipinski definition) is 4. The number of methoxy groups -OCH3 is 1. The van der Waals surface area contributed by atoms with Gasteiger partial charge in [-0.3, -0.25) is 4.79 Å². The van der Waals surface area contributed by atoms with Gasteiger partial charge in [0, 0.05) is 38.8 Å². The number of hydrogen-bond acceptors (Lipinski definition) is 10. The molecule has 5 saturated carbocycles. The Kier molecular flexibility index (Phi) is 24.0. The number of ether oxygens (including phenoxy) is 3. The number of rotatable bonds is 21. The molecular weight excluding hydrogens is 783 g/mol. The SMILES string of the molecule is C=O.CCC(NC)C(NC)C(C)CCCCC=O.CCOC(COC)[C@@H]1CC[C@]2(C(=O)O)CC[C@]3(C)C(CCC4C3(C)CCC3C(C)(C)CCC[C@@]34C)C12.CNCCOCC=O. The van der Waals surface area contributed by atoms with Gasteiger partial charge in [0.15, 0.2) is 0 Å². The number of carbonyl (C=O) groups excluding carboxylic acids is 3. The van der Waals surface area contributed by atoms with E-state index in [2.05, 4.69) is 71.3 Å². The molecule has 0 aromatic rings. The molecule has 0 aromatic heterocycles. The Morgan fingerprint density at radius 2 is 1.56 bits per heavy atom. The third kappa shape index (κ3) is 12.4. The van der Waals surface area contributed by atoms with Crippen molar-refractivity contribution in [3.05, 3.63) is 0 Å². The van der Waals surface area contributed by atoms with Crippen LogP contribution < -0.4 is 16.0 Å². The van der Waals surface area contributed by atoms with Crippen molar-refractivity contribution in [3.63, 3.8) is 0 Å². The van der Waals surface area contributed by atoms with Gasteiger partial charge in [-0.1, -0.05) is 61.3 Å². The van der Waals surface area contributed by atoms with E-state index in [1.54, 1.807) is 7.11 Å². The average Bonchev–Trinajstić information content (AvgIpc) is 3.65. The van der Waals surface area contributed by atoms with Crippen LogP contribution in [0.5, 0.6) is 0 Å². The van der Waals surface area contributed by atoms with Gasteiger partial charge in [0.25, 0.3) is 0 Å². The summed E-state index contributed by atoms with van der Waals surface area (Å²) in [6.45, 7) is 24.4. The number of nitrogens with one attached hydrogen (secondary N) is 3. The highest BCUT2D eigenvalue weighted by Crippen LogP contribution is 2.77. The van der Waals surface area contributed by atoms with Gasteiger partial charge in [-0.2, -0.15) is 0 Å². The van der Waals surface area contributed by atoms with E-state index in [-0.39, 0.29) is 35.4 Å². The molecular formula is C51H95N3O8. The monoisotopic (exact) mass is 878 g/mol. The second-order valence-electron chi connectivity index (χ2n) is 21.0. The minimum atomic E-state index is -0.574. The van der Waals surface area contributed by atoms with Crippen molar-refractivity contribution in [1.82, 2.24) is 16.0 Å². The van der Waals surface area contributed by atoms with E-state index in [0.29, 0.717) is 61.0 Å². The first kappa shape index (κ1) is 56.4. The van der Waals surface area contributed by atoms with Crippen molar-refractivity contribution in [2.24, 2.45) is 62.6 Å². The minimum Gasteiger partial charge on any atom is -0.481 e. The Balaban J connectivity index is 0.000000422.